The number of fused-ring (bicyclic) bond motifs is 3. The predicted molar refractivity (Wildman–Crippen MR) is 113 cm³/mol. The van der Waals surface area contributed by atoms with Crippen LogP contribution in [0.25, 0.3) is 16.8 Å². The summed E-state index contributed by atoms with van der Waals surface area (Å²) < 4.78 is 2.22. The van der Waals surface area contributed by atoms with E-state index in [9.17, 15) is 0 Å². The Morgan fingerprint density at radius 2 is 1.89 bits per heavy atom. The Kier molecular flexibility index (Phi) is 4.02. The quantitative estimate of drug-likeness (QED) is 0.638. The molecule has 0 spiro atoms. The van der Waals surface area contributed by atoms with Crippen LogP contribution in [0.4, 0.5) is 0 Å². The lowest BCUT2D eigenvalue weighted by Crippen LogP contribution is -2.37. The average Bonchev–Trinajstić information content (AvgIpc) is 3.34. The Morgan fingerprint density at radius 1 is 1.11 bits per heavy atom. The number of aromatic amines is 1. The molecule has 0 bridgehead atoms. The van der Waals surface area contributed by atoms with Gasteiger partial charge in [0.2, 0.25) is 5.82 Å². The number of aliphatic imine (C=N–C) groups is 1. The van der Waals surface area contributed by atoms with Gasteiger partial charge in [-0.05, 0) is 53.5 Å². The second kappa shape index (κ2) is 6.57. The zero-order chi connectivity index (χ0) is 19.3. The molecule has 138 valence electrons. The summed E-state index contributed by atoms with van der Waals surface area (Å²) in [6.07, 6.45) is 6.41. The number of H-pyrrole nitrogens is 1. The summed E-state index contributed by atoms with van der Waals surface area (Å²) in [5.41, 5.74) is 7.01. The van der Waals surface area contributed by atoms with E-state index in [2.05, 4.69) is 76.1 Å². The molecule has 3 aromatic rings. The van der Waals surface area contributed by atoms with E-state index in [-0.39, 0.29) is 5.92 Å². The van der Waals surface area contributed by atoms with Crippen molar-refractivity contribution in [2.45, 2.75) is 19.8 Å². The Balaban J connectivity index is 1.78. The minimum absolute atomic E-state index is 0.165. The topological polar surface area (TPSA) is 44.9 Å². The van der Waals surface area contributed by atoms with Crippen molar-refractivity contribution >= 4 is 29.0 Å². The van der Waals surface area contributed by atoms with E-state index in [0.717, 1.165) is 34.5 Å². The Morgan fingerprint density at radius 3 is 2.64 bits per heavy atom. The predicted octanol–water partition coefficient (Wildman–Crippen LogP) is 4.66. The van der Waals surface area contributed by atoms with Crippen LogP contribution in [0.15, 0.2) is 59.6 Å². The van der Waals surface area contributed by atoms with E-state index in [1.807, 2.05) is 18.3 Å². The molecule has 1 aromatic heterocycles. The number of aromatic nitrogens is 3. The summed E-state index contributed by atoms with van der Waals surface area (Å²) in [7, 11) is 0. The molecule has 4 nitrogen and oxygen atoms in total. The maximum atomic E-state index is 6.14. The first-order valence-electron chi connectivity index (χ1n) is 9.41. The van der Waals surface area contributed by atoms with Crippen LogP contribution in [0.3, 0.4) is 0 Å². The fraction of sp³-hybridized carbons (Fsp3) is 0.174. The van der Waals surface area contributed by atoms with Gasteiger partial charge in [-0.25, -0.2) is 0 Å². The Bertz CT molecular complexity index is 1170. The maximum absolute atomic E-state index is 6.14. The second-order valence-electron chi connectivity index (χ2n) is 7.26. The monoisotopic (exact) mass is 387 g/mol. The van der Waals surface area contributed by atoms with E-state index in [1.165, 1.54) is 22.3 Å². The molecule has 3 heterocycles. The summed E-state index contributed by atoms with van der Waals surface area (Å²) >= 11 is 6.14. The fourth-order valence-electron chi connectivity index (χ4n) is 3.99. The van der Waals surface area contributed by atoms with Crippen molar-refractivity contribution in [1.82, 2.24) is 10.2 Å². The third-order valence-corrected chi connectivity index (χ3v) is 5.64. The molecular formula is C23H20ClN4+. The molecule has 1 atom stereocenters. The molecule has 0 saturated carbocycles. The van der Waals surface area contributed by atoms with E-state index in [1.54, 1.807) is 0 Å². The number of allylic oxidation sites excluding steroid dienone is 2. The third kappa shape index (κ3) is 2.72. The van der Waals surface area contributed by atoms with Crippen LogP contribution in [0, 0.1) is 6.92 Å². The standard InChI is InChI=1S/C23H19ClN4/c1-14-11-20(16-3-6-19(24)7-4-16)21-12-17(18-9-10-25-13-18)5-8-22(21)28-15(2)26-27-23(14)28/h3-9,11-14H,10H2,1-2H3/p+1/t14-/m1/s1. The van der Waals surface area contributed by atoms with Crippen molar-refractivity contribution in [3.05, 3.63) is 88.0 Å². The van der Waals surface area contributed by atoms with Gasteiger partial charge in [-0.15, -0.1) is 5.10 Å². The third-order valence-electron chi connectivity index (χ3n) is 5.38. The first-order chi connectivity index (χ1) is 13.6. The van der Waals surface area contributed by atoms with Gasteiger partial charge < -0.3 is 0 Å². The van der Waals surface area contributed by atoms with Crippen molar-refractivity contribution in [1.29, 1.82) is 0 Å². The molecule has 2 aliphatic heterocycles. The molecule has 5 heteroatoms. The molecule has 0 unspecified atom stereocenters. The van der Waals surface area contributed by atoms with E-state index >= 15 is 0 Å². The highest BCUT2D eigenvalue weighted by molar-refractivity contribution is 6.30. The Labute approximate surface area is 168 Å². The van der Waals surface area contributed by atoms with Gasteiger partial charge in [0.05, 0.1) is 12.5 Å². The number of halogens is 1. The highest BCUT2D eigenvalue weighted by atomic mass is 35.5. The number of nitrogens with one attached hydrogen (secondary N) is 1. The largest absolute Gasteiger partial charge is 0.289 e. The molecule has 0 fully saturated rings. The number of benzene rings is 2. The summed E-state index contributed by atoms with van der Waals surface area (Å²) in [4.78, 5) is 4.35. The van der Waals surface area contributed by atoms with Crippen LogP contribution in [0.1, 0.15) is 41.2 Å². The normalized spacial score (nSPS) is 17.6. The summed E-state index contributed by atoms with van der Waals surface area (Å²) in [5.74, 6) is 2.19. The van der Waals surface area contributed by atoms with Crippen LogP contribution in [-0.4, -0.2) is 23.0 Å². The van der Waals surface area contributed by atoms with Crippen molar-refractivity contribution in [2.75, 3.05) is 6.54 Å². The number of aryl methyl sites for hydroxylation is 1. The average molecular weight is 388 g/mol. The number of rotatable bonds is 2. The van der Waals surface area contributed by atoms with Gasteiger partial charge in [-0.1, -0.05) is 42.0 Å². The molecule has 0 amide bonds. The molecule has 0 aliphatic carbocycles. The van der Waals surface area contributed by atoms with E-state index in [0.29, 0.717) is 0 Å². The van der Waals surface area contributed by atoms with Crippen LogP contribution in [0.5, 0.6) is 0 Å². The van der Waals surface area contributed by atoms with Crippen LogP contribution < -0.4 is 4.57 Å². The van der Waals surface area contributed by atoms with Gasteiger partial charge in [0.15, 0.2) is 0 Å². The van der Waals surface area contributed by atoms with Gasteiger partial charge in [-0.3, -0.25) is 4.99 Å². The molecule has 2 aliphatic rings. The summed E-state index contributed by atoms with van der Waals surface area (Å²) in [6, 6.07) is 14.7. The zero-order valence-electron chi connectivity index (χ0n) is 15.8. The fourth-order valence-corrected chi connectivity index (χ4v) is 4.11. The second-order valence-corrected chi connectivity index (χ2v) is 7.70. The first kappa shape index (κ1) is 17.1. The van der Waals surface area contributed by atoms with E-state index in [4.69, 9.17) is 11.6 Å². The highest BCUT2D eigenvalue weighted by Crippen LogP contribution is 2.35. The maximum Gasteiger partial charge on any atom is 0.289 e. The molecule has 5 rings (SSSR count). The molecule has 28 heavy (non-hydrogen) atoms. The molecular weight excluding hydrogens is 368 g/mol. The number of hydrogen-bond acceptors (Lipinski definition) is 2. The lowest BCUT2D eigenvalue weighted by Gasteiger charge is -2.13. The smallest absolute Gasteiger partial charge is 0.288 e. The molecule has 0 radical (unpaired) electrons. The number of hydrogen-bond donors (Lipinski definition) is 1. The molecule has 1 N–H and O–H groups in total. The zero-order valence-corrected chi connectivity index (χ0v) is 16.5. The SMILES string of the molecule is Cc1[nH]nc2[n+]1-c1ccc(C3=CCN=C3)cc1C(c1ccc(Cl)cc1)=C[C@H]2C. The molecule has 0 saturated heterocycles. The van der Waals surface area contributed by atoms with Gasteiger partial charge in [0.25, 0.3) is 5.82 Å². The van der Waals surface area contributed by atoms with Crippen LogP contribution in [-0.2, 0) is 0 Å². The van der Waals surface area contributed by atoms with Crippen LogP contribution in [0.2, 0.25) is 5.02 Å². The molecule has 2 aromatic carbocycles. The minimum atomic E-state index is 0.165. The van der Waals surface area contributed by atoms with Gasteiger partial charge >= 0.3 is 0 Å². The van der Waals surface area contributed by atoms with Gasteiger partial charge in [-0.2, -0.15) is 4.57 Å². The van der Waals surface area contributed by atoms with Gasteiger partial charge in [0.1, 0.15) is 5.69 Å². The van der Waals surface area contributed by atoms with Crippen molar-refractivity contribution in [2.24, 2.45) is 4.99 Å². The lowest BCUT2D eigenvalue weighted by atomic mass is 9.92. The van der Waals surface area contributed by atoms with Crippen molar-refractivity contribution in [3.63, 3.8) is 0 Å². The minimum Gasteiger partial charge on any atom is -0.288 e. The summed E-state index contributed by atoms with van der Waals surface area (Å²) in [5, 5.41) is 8.46. The highest BCUT2D eigenvalue weighted by Gasteiger charge is 2.30. The Hall–Kier alpha value is -2.98. The van der Waals surface area contributed by atoms with E-state index < -0.39 is 0 Å². The van der Waals surface area contributed by atoms with Crippen molar-refractivity contribution < 1.29 is 4.57 Å². The number of nitrogens with zero attached hydrogens (tertiary/aromatic N) is 3. The van der Waals surface area contributed by atoms with Crippen molar-refractivity contribution in [3.8, 4) is 5.69 Å². The van der Waals surface area contributed by atoms with Gasteiger partial charge in [0, 0.05) is 28.8 Å². The first-order valence-corrected chi connectivity index (χ1v) is 9.79. The summed E-state index contributed by atoms with van der Waals surface area (Å²) in [6.45, 7) is 4.99. The van der Waals surface area contributed by atoms with Crippen LogP contribution >= 0.6 is 11.6 Å². The lowest BCUT2D eigenvalue weighted by molar-refractivity contribution is -0.611.